The Labute approximate surface area is 210 Å². The van der Waals surface area contributed by atoms with Gasteiger partial charge in [-0.15, -0.1) is 0 Å². The molecule has 1 saturated heterocycles. The van der Waals surface area contributed by atoms with Gasteiger partial charge in [0.1, 0.15) is 17.9 Å². The fourth-order valence-corrected chi connectivity index (χ4v) is 4.17. The third-order valence-corrected chi connectivity index (χ3v) is 6.16. The number of anilines is 1. The molecule has 0 atom stereocenters. The second kappa shape index (κ2) is 10.2. The summed E-state index contributed by atoms with van der Waals surface area (Å²) < 4.78 is 6.51. The minimum absolute atomic E-state index is 0.132. The summed E-state index contributed by atoms with van der Waals surface area (Å²) in [5.74, 6) is -0.807. The average Bonchev–Trinajstić information content (AvgIpc) is 2.82. The van der Waals surface area contributed by atoms with Crippen LogP contribution in [0, 0.1) is 0 Å². The minimum Gasteiger partial charge on any atom is -0.488 e. The molecule has 0 saturated carbocycles. The molecule has 4 amide bonds. The van der Waals surface area contributed by atoms with Crippen molar-refractivity contribution >= 4 is 57.1 Å². The summed E-state index contributed by atoms with van der Waals surface area (Å²) in [7, 11) is 0. The Morgan fingerprint density at radius 3 is 2.47 bits per heavy atom. The van der Waals surface area contributed by atoms with Gasteiger partial charge in [-0.25, -0.2) is 9.69 Å². The molecule has 0 aromatic heterocycles. The molecule has 8 heteroatoms. The normalized spacial score (nSPS) is 15.0. The molecule has 1 aliphatic rings. The van der Waals surface area contributed by atoms with Crippen LogP contribution in [-0.4, -0.2) is 17.8 Å². The number of aryl methyl sites for hydroxylation is 1. The van der Waals surface area contributed by atoms with Gasteiger partial charge in [0, 0.05) is 5.02 Å². The van der Waals surface area contributed by atoms with Crippen LogP contribution >= 0.6 is 27.5 Å². The van der Waals surface area contributed by atoms with E-state index < -0.39 is 17.8 Å². The molecule has 6 nitrogen and oxygen atoms in total. The van der Waals surface area contributed by atoms with Crippen LogP contribution in [0.15, 0.2) is 76.8 Å². The van der Waals surface area contributed by atoms with E-state index in [4.69, 9.17) is 16.3 Å². The molecule has 34 heavy (non-hydrogen) atoms. The molecule has 0 bridgehead atoms. The molecule has 1 aliphatic heterocycles. The summed E-state index contributed by atoms with van der Waals surface area (Å²) in [6.45, 7) is 2.28. The quantitative estimate of drug-likeness (QED) is 0.312. The van der Waals surface area contributed by atoms with Gasteiger partial charge in [-0.3, -0.25) is 14.9 Å². The Kier molecular flexibility index (Phi) is 7.14. The average molecular weight is 540 g/mol. The molecule has 172 valence electrons. The van der Waals surface area contributed by atoms with Gasteiger partial charge in [-0.05, 0) is 75.4 Å². The van der Waals surface area contributed by atoms with E-state index in [2.05, 4.69) is 21.2 Å². The molecule has 0 unspecified atom stereocenters. The summed E-state index contributed by atoms with van der Waals surface area (Å²) in [5.41, 5.74) is 2.71. The standard InChI is InChI=1S/C26H20BrClN2O4/c1-2-18-5-3-4-6-22(18)30-25(32)20(24(31)29-26(30)33)13-17-9-12-23(21(27)14-17)34-15-16-7-10-19(28)11-8-16/h3-14H,2,15H2,1H3,(H,29,31,33)/b20-13-. The summed E-state index contributed by atoms with van der Waals surface area (Å²) in [6, 6.07) is 18.9. The van der Waals surface area contributed by atoms with Crippen molar-refractivity contribution in [3.63, 3.8) is 0 Å². The van der Waals surface area contributed by atoms with Crippen LogP contribution in [0.2, 0.25) is 5.02 Å². The smallest absolute Gasteiger partial charge is 0.335 e. The van der Waals surface area contributed by atoms with Crippen molar-refractivity contribution in [2.24, 2.45) is 0 Å². The predicted octanol–water partition coefficient (Wildman–Crippen LogP) is 5.91. The number of nitrogens with zero attached hydrogens (tertiary/aromatic N) is 1. The number of para-hydroxylation sites is 1. The monoisotopic (exact) mass is 538 g/mol. The highest BCUT2D eigenvalue weighted by Gasteiger charge is 2.37. The first-order valence-electron chi connectivity index (χ1n) is 10.5. The molecule has 3 aromatic carbocycles. The Balaban J connectivity index is 1.57. The lowest BCUT2D eigenvalue weighted by atomic mass is 10.0. The van der Waals surface area contributed by atoms with E-state index in [-0.39, 0.29) is 5.57 Å². The van der Waals surface area contributed by atoms with E-state index in [1.54, 1.807) is 42.5 Å². The third kappa shape index (κ3) is 5.05. The minimum atomic E-state index is -0.764. The van der Waals surface area contributed by atoms with Crippen LogP contribution in [0.25, 0.3) is 6.08 Å². The third-order valence-electron chi connectivity index (χ3n) is 5.29. The molecule has 4 rings (SSSR count). The number of nitrogens with one attached hydrogen (secondary N) is 1. The molecule has 1 N–H and O–H groups in total. The van der Waals surface area contributed by atoms with E-state index in [0.29, 0.717) is 39.5 Å². The number of barbiturate groups is 1. The van der Waals surface area contributed by atoms with E-state index >= 15 is 0 Å². The number of rotatable bonds is 6. The second-order valence-electron chi connectivity index (χ2n) is 7.55. The molecule has 0 radical (unpaired) electrons. The highest BCUT2D eigenvalue weighted by molar-refractivity contribution is 9.10. The number of carbonyl (C=O) groups excluding carboxylic acids is 3. The van der Waals surface area contributed by atoms with E-state index in [9.17, 15) is 14.4 Å². The van der Waals surface area contributed by atoms with Gasteiger partial charge in [0.05, 0.1) is 10.2 Å². The first kappa shape index (κ1) is 23.7. The number of carbonyl (C=O) groups is 3. The molecule has 3 aromatic rings. The van der Waals surface area contributed by atoms with E-state index in [1.807, 2.05) is 31.2 Å². The zero-order chi connectivity index (χ0) is 24.2. The van der Waals surface area contributed by atoms with Gasteiger partial charge in [-0.2, -0.15) is 0 Å². The molecule has 0 spiro atoms. The number of imide groups is 2. The van der Waals surface area contributed by atoms with Crippen LogP contribution in [0.4, 0.5) is 10.5 Å². The number of urea groups is 1. The zero-order valence-electron chi connectivity index (χ0n) is 18.2. The lowest BCUT2D eigenvalue weighted by molar-refractivity contribution is -0.122. The van der Waals surface area contributed by atoms with Gasteiger partial charge in [0.15, 0.2) is 0 Å². The number of halogens is 2. The summed E-state index contributed by atoms with van der Waals surface area (Å²) >= 11 is 9.39. The Morgan fingerprint density at radius 1 is 1.03 bits per heavy atom. The number of hydrogen-bond acceptors (Lipinski definition) is 4. The van der Waals surface area contributed by atoms with Gasteiger partial charge in [0.25, 0.3) is 11.8 Å². The van der Waals surface area contributed by atoms with Crippen molar-refractivity contribution in [1.29, 1.82) is 0 Å². The van der Waals surface area contributed by atoms with Gasteiger partial charge in [0.2, 0.25) is 0 Å². The molecular formula is C26H20BrClN2O4. The van der Waals surface area contributed by atoms with Crippen molar-refractivity contribution < 1.29 is 19.1 Å². The van der Waals surface area contributed by atoms with Crippen molar-refractivity contribution in [2.75, 3.05) is 4.90 Å². The Hall–Kier alpha value is -3.42. The second-order valence-corrected chi connectivity index (χ2v) is 8.84. The highest BCUT2D eigenvalue weighted by atomic mass is 79.9. The number of benzene rings is 3. The van der Waals surface area contributed by atoms with Crippen molar-refractivity contribution in [1.82, 2.24) is 5.32 Å². The topological polar surface area (TPSA) is 75.7 Å². The predicted molar refractivity (Wildman–Crippen MR) is 135 cm³/mol. The lowest BCUT2D eigenvalue weighted by Crippen LogP contribution is -2.54. The van der Waals surface area contributed by atoms with Gasteiger partial charge in [-0.1, -0.05) is 54.9 Å². The summed E-state index contributed by atoms with van der Waals surface area (Å²) in [5, 5.41) is 2.92. The molecular weight excluding hydrogens is 520 g/mol. The number of hydrogen-bond donors (Lipinski definition) is 1. The Morgan fingerprint density at radius 2 is 1.76 bits per heavy atom. The SMILES string of the molecule is CCc1ccccc1N1C(=O)NC(=O)/C(=C/c2ccc(OCc3ccc(Cl)cc3)c(Br)c2)C1=O. The van der Waals surface area contributed by atoms with E-state index in [1.165, 1.54) is 6.08 Å². The van der Waals surface area contributed by atoms with Crippen LogP contribution in [0.3, 0.4) is 0 Å². The molecule has 0 aliphatic carbocycles. The fraction of sp³-hybridized carbons (Fsp3) is 0.115. The number of ether oxygens (including phenoxy) is 1. The van der Waals surface area contributed by atoms with Crippen LogP contribution < -0.4 is 15.0 Å². The maximum absolute atomic E-state index is 13.2. The fourth-order valence-electron chi connectivity index (χ4n) is 3.54. The van der Waals surface area contributed by atoms with Gasteiger partial charge < -0.3 is 4.74 Å². The largest absolute Gasteiger partial charge is 0.488 e. The lowest BCUT2D eigenvalue weighted by Gasteiger charge is -2.28. The summed E-state index contributed by atoms with van der Waals surface area (Å²) in [6.07, 6.45) is 2.09. The van der Waals surface area contributed by atoms with Crippen molar-refractivity contribution in [2.45, 2.75) is 20.0 Å². The molecule has 1 fully saturated rings. The van der Waals surface area contributed by atoms with E-state index in [0.717, 1.165) is 16.0 Å². The number of amides is 4. The summed E-state index contributed by atoms with van der Waals surface area (Å²) in [4.78, 5) is 39.2. The van der Waals surface area contributed by atoms with Crippen molar-refractivity contribution in [3.8, 4) is 5.75 Å². The zero-order valence-corrected chi connectivity index (χ0v) is 20.5. The maximum atomic E-state index is 13.2. The van der Waals surface area contributed by atoms with Crippen molar-refractivity contribution in [3.05, 3.63) is 98.5 Å². The highest BCUT2D eigenvalue weighted by Crippen LogP contribution is 2.30. The maximum Gasteiger partial charge on any atom is 0.335 e. The van der Waals surface area contributed by atoms with Crippen LogP contribution in [0.1, 0.15) is 23.6 Å². The first-order chi connectivity index (χ1) is 16.4. The van der Waals surface area contributed by atoms with Gasteiger partial charge >= 0.3 is 6.03 Å². The van der Waals surface area contributed by atoms with Crippen LogP contribution in [0.5, 0.6) is 5.75 Å². The Bertz CT molecular complexity index is 1300. The first-order valence-corrected chi connectivity index (χ1v) is 11.7. The van der Waals surface area contributed by atoms with Crippen LogP contribution in [-0.2, 0) is 22.6 Å². The molecule has 1 heterocycles.